The largest absolute Gasteiger partial charge is 0.309 e. The fourth-order valence-electron chi connectivity index (χ4n) is 2.44. The number of nitriles is 2. The van der Waals surface area contributed by atoms with Crippen LogP contribution in [0.3, 0.4) is 0 Å². The zero-order valence-corrected chi connectivity index (χ0v) is 18.8. The first-order chi connectivity index (χ1) is 13.8. The Morgan fingerprint density at radius 2 is 1.86 bits per heavy atom. The Morgan fingerprint density at radius 3 is 2.38 bits per heavy atom. The number of allylic oxidation sites excluding steroid dienone is 5. The van der Waals surface area contributed by atoms with E-state index in [9.17, 15) is 5.26 Å². The monoisotopic (exact) mass is 392 g/mol. The average Bonchev–Trinajstić information content (AvgIpc) is 2.73. The molecule has 0 radical (unpaired) electrons. The van der Waals surface area contributed by atoms with Gasteiger partial charge in [-0.15, -0.1) is 0 Å². The molecule has 0 rings (SSSR count). The second kappa shape index (κ2) is 15.1. The van der Waals surface area contributed by atoms with Gasteiger partial charge in [0.1, 0.15) is 5.84 Å². The summed E-state index contributed by atoms with van der Waals surface area (Å²) in [5.74, 6) is 1.04. The lowest BCUT2D eigenvalue weighted by Crippen LogP contribution is -2.20. The van der Waals surface area contributed by atoms with Crippen LogP contribution >= 0.6 is 0 Å². The van der Waals surface area contributed by atoms with Gasteiger partial charge < -0.3 is 4.90 Å². The summed E-state index contributed by atoms with van der Waals surface area (Å²) in [6.45, 7) is 18.3. The fourth-order valence-corrected chi connectivity index (χ4v) is 2.44. The van der Waals surface area contributed by atoms with Crippen molar-refractivity contribution in [1.29, 1.82) is 10.5 Å². The van der Waals surface area contributed by atoms with Crippen molar-refractivity contribution in [3.8, 4) is 12.1 Å². The van der Waals surface area contributed by atoms with Gasteiger partial charge in [-0.1, -0.05) is 58.1 Å². The molecule has 0 amide bonds. The standard InChI is InChI=1S/C25H36N4/c1-8-12-24(18-27)19-29(10-3)25(28-23(7)9-2)16-15-22(6)21(5)14-11-13-20(4)17-26/h10,13,15-16,19,21,23H,3,6,8-9,11-12,14H2,1-2,4-5,7H3/b16-15-,20-13+,24-19+,28-25?. The van der Waals surface area contributed by atoms with E-state index < -0.39 is 0 Å². The van der Waals surface area contributed by atoms with E-state index in [4.69, 9.17) is 10.3 Å². The van der Waals surface area contributed by atoms with Crippen molar-refractivity contribution in [3.05, 3.63) is 60.5 Å². The van der Waals surface area contributed by atoms with Crippen LogP contribution in [-0.4, -0.2) is 16.8 Å². The van der Waals surface area contributed by atoms with Gasteiger partial charge in [0, 0.05) is 29.6 Å². The molecule has 0 aromatic heterocycles. The zero-order valence-electron chi connectivity index (χ0n) is 18.8. The summed E-state index contributed by atoms with van der Waals surface area (Å²) in [4.78, 5) is 6.60. The molecule has 0 aromatic rings. The van der Waals surface area contributed by atoms with Crippen molar-refractivity contribution in [3.63, 3.8) is 0 Å². The van der Waals surface area contributed by atoms with Crippen molar-refractivity contribution in [2.24, 2.45) is 10.9 Å². The minimum atomic E-state index is 0.159. The van der Waals surface area contributed by atoms with Crippen LogP contribution in [0.4, 0.5) is 0 Å². The first-order valence-electron chi connectivity index (χ1n) is 10.4. The molecule has 0 bridgehead atoms. The van der Waals surface area contributed by atoms with Crippen LogP contribution in [0.25, 0.3) is 0 Å². The highest BCUT2D eigenvalue weighted by molar-refractivity contribution is 5.95. The molecule has 2 unspecified atom stereocenters. The van der Waals surface area contributed by atoms with Gasteiger partial charge in [-0.3, -0.25) is 4.99 Å². The maximum absolute atomic E-state index is 9.37. The van der Waals surface area contributed by atoms with Gasteiger partial charge in [-0.2, -0.15) is 10.5 Å². The van der Waals surface area contributed by atoms with Crippen LogP contribution in [-0.2, 0) is 0 Å². The molecule has 0 N–H and O–H groups in total. The van der Waals surface area contributed by atoms with E-state index in [1.165, 1.54) is 0 Å². The molecule has 0 aliphatic rings. The predicted octanol–water partition coefficient (Wildman–Crippen LogP) is 6.84. The summed E-state index contributed by atoms with van der Waals surface area (Å²) < 4.78 is 0. The molecule has 4 heteroatoms. The summed E-state index contributed by atoms with van der Waals surface area (Å²) in [5.41, 5.74) is 2.45. The Kier molecular flexibility index (Phi) is 13.6. The van der Waals surface area contributed by atoms with Gasteiger partial charge >= 0.3 is 0 Å². The van der Waals surface area contributed by atoms with Crippen molar-refractivity contribution < 1.29 is 0 Å². The van der Waals surface area contributed by atoms with Crippen molar-refractivity contribution in [2.75, 3.05) is 0 Å². The Bertz CT molecular complexity index is 738. The lowest BCUT2D eigenvalue weighted by Gasteiger charge is -2.18. The van der Waals surface area contributed by atoms with Gasteiger partial charge in [-0.05, 0) is 51.5 Å². The minimum absolute atomic E-state index is 0.159. The molecule has 2 atom stereocenters. The Morgan fingerprint density at radius 1 is 1.17 bits per heavy atom. The smallest absolute Gasteiger partial charge is 0.131 e. The first-order valence-corrected chi connectivity index (χ1v) is 10.4. The highest BCUT2D eigenvalue weighted by Crippen LogP contribution is 2.18. The van der Waals surface area contributed by atoms with Gasteiger partial charge in [0.05, 0.1) is 12.1 Å². The normalized spacial score (nSPS) is 14.8. The number of rotatable bonds is 12. The van der Waals surface area contributed by atoms with Crippen molar-refractivity contribution >= 4 is 5.84 Å². The second-order valence-corrected chi connectivity index (χ2v) is 7.24. The summed E-state index contributed by atoms with van der Waals surface area (Å²) in [6, 6.07) is 4.56. The van der Waals surface area contributed by atoms with Gasteiger partial charge in [-0.25, -0.2) is 0 Å². The molecular formula is C25H36N4. The van der Waals surface area contributed by atoms with Crippen LogP contribution < -0.4 is 0 Å². The Labute approximate surface area is 177 Å². The van der Waals surface area contributed by atoms with E-state index >= 15 is 0 Å². The average molecular weight is 393 g/mol. The Balaban J connectivity index is 5.50. The van der Waals surface area contributed by atoms with E-state index in [0.717, 1.165) is 49.1 Å². The Hall–Kier alpha value is -2.85. The molecule has 156 valence electrons. The van der Waals surface area contributed by atoms with E-state index in [0.29, 0.717) is 11.5 Å². The highest BCUT2D eigenvalue weighted by Gasteiger charge is 2.09. The number of hydrogen-bond donors (Lipinski definition) is 0. The molecular weight excluding hydrogens is 356 g/mol. The summed E-state index contributed by atoms with van der Waals surface area (Å²) in [7, 11) is 0. The molecule has 0 saturated heterocycles. The third-order valence-electron chi connectivity index (χ3n) is 4.67. The summed E-state index contributed by atoms with van der Waals surface area (Å²) in [6.07, 6.45) is 13.7. The van der Waals surface area contributed by atoms with Gasteiger partial charge in [0.2, 0.25) is 0 Å². The SMILES string of the molecule is C=CN(/C=C(/C#N)CCC)C(/C=C\C(=C)C(C)CC/C=C(\C)C#N)=NC(C)CC. The van der Waals surface area contributed by atoms with E-state index in [1.807, 2.05) is 36.3 Å². The van der Waals surface area contributed by atoms with Crippen molar-refractivity contribution in [2.45, 2.75) is 72.8 Å². The molecule has 0 heterocycles. The van der Waals surface area contributed by atoms with Crippen LogP contribution in [0.15, 0.2) is 65.5 Å². The molecule has 0 spiro atoms. The fraction of sp³-hybridized carbons (Fsp3) is 0.480. The molecule has 0 aliphatic carbocycles. The van der Waals surface area contributed by atoms with Crippen molar-refractivity contribution in [1.82, 2.24) is 4.90 Å². The van der Waals surface area contributed by atoms with Crippen LogP contribution in [0.5, 0.6) is 0 Å². The molecule has 0 fully saturated rings. The number of hydrogen-bond acceptors (Lipinski definition) is 3. The molecule has 0 saturated carbocycles. The lowest BCUT2D eigenvalue weighted by molar-refractivity contribution is 0.635. The summed E-state index contributed by atoms with van der Waals surface area (Å²) >= 11 is 0. The number of amidine groups is 1. The maximum atomic E-state index is 9.37. The van der Waals surface area contributed by atoms with Crippen LogP contribution in [0, 0.1) is 28.6 Å². The molecule has 29 heavy (non-hydrogen) atoms. The minimum Gasteiger partial charge on any atom is -0.309 e. The second-order valence-electron chi connectivity index (χ2n) is 7.24. The quantitative estimate of drug-likeness (QED) is 0.158. The molecule has 0 aliphatic heterocycles. The number of aliphatic imine (C=N–C) groups is 1. The third-order valence-corrected chi connectivity index (χ3v) is 4.67. The van der Waals surface area contributed by atoms with Gasteiger partial charge in [0.25, 0.3) is 0 Å². The van der Waals surface area contributed by atoms with E-state index in [2.05, 4.69) is 53.0 Å². The lowest BCUT2D eigenvalue weighted by atomic mass is 9.96. The highest BCUT2D eigenvalue weighted by atomic mass is 15.2. The van der Waals surface area contributed by atoms with Crippen LogP contribution in [0.1, 0.15) is 66.7 Å². The van der Waals surface area contributed by atoms with Gasteiger partial charge in [0.15, 0.2) is 0 Å². The predicted molar refractivity (Wildman–Crippen MR) is 124 cm³/mol. The van der Waals surface area contributed by atoms with E-state index in [-0.39, 0.29) is 6.04 Å². The summed E-state index contributed by atoms with van der Waals surface area (Å²) in [5, 5.41) is 18.2. The molecule has 4 nitrogen and oxygen atoms in total. The van der Waals surface area contributed by atoms with Crippen LogP contribution in [0.2, 0.25) is 0 Å². The third kappa shape index (κ3) is 10.9. The zero-order chi connectivity index (χ0) is 22.2. The maximum Gasteiger partial charge on any atom is 0.131 e. The number of nitrogens with zero attached hydrogens (tertiary/aromatic N) is 4. The topological polar surface area (TPSA) is 63.2 Å². The first kappa shape index (κ1) is 26.1. The van der Waals surface area contributed by atoms with E-state index in [1.54, 1.807) is 6.20 Å². The molecule has 0 aromatic carbocycles.